The summed E-state index contributed by atoms with van der Waals surface area (Å²) >= 11 is 0. The summed E-state index contributed by atoms with van der Waals surface area (Å²) in [5.41, 5.74) is 1.21. The molecular weight excluding hydrogens is 204 g/mol. The molecule has 0 atom stereocenters. The second-order valence-corrected chi connectivity index (χ2v) is 4.37. The predicted molar refractivity (Wildman–Crippen MR) is 61.3 cm³/mol. The number of ether oxygens (including phenoxy) is 1. The molecule has 0 aliphatic heterocycles. The van der Waals surface area contributed by atoms with E-state index in [2.05, 4.69) is 10.5 Å². The monoisotopic (exact) mass is 224 g/mol. The fourth-order valence-electron chi connectivity index (χ4n) is 2.32. The van der Waals surface area contributed by atoms with Crippen LogP contribution in [0.3, 0.4) is 0 Å². The highest BCUT2D eigenvalue weighted by Crippen LogP contribution is 2.35. The van der Waals surface area contributed by atoms with E-state index in [1.807, 2.05) is 6.20 Å². The molecule has 1 saturated carbocycles. The van der Waals surface area contributed by atoms with E-state index in [-0.39, 0.29) is 0 Å². The zero-order valence-corrected chi connectivity index (χ0v) is 9.87. The van der Waals surface area contributed by atoms with Crippen LogP contribution in [0.15, 0.2) is 10.7 Å². The Kier molecular flexibility index (Phi) is 4.36. The second kappa shape index (κ2) is 6.01. The Morgan fingerprint density at radius 1 is 1.50 bits per heavy atom. The molecule has 1 fully saturated rings. The normalized spacial score (nSPS) is 17.1. The number of rotatable bonds is 6. The molecule has 1 aliphatic rings. The Bertz CT molecular complexity index is 306. The first kappa shape index (κ1) is 11.6. The Balaban J connectivity index is 1.86. The molecule has 1 N–H and O–H groups in total. The van der Waals surface area contributed by atoms with Crippen molar-refractivity contribution in [2.75, 3.05) is 20.3 Å². The molecular formula is C12H20N2O2. The molecule has 1 aromatic heterocycles. The van der Waals surface area contributed by atoms with Crippen molar-refractivity contribution in [3.05, 3.63) is 17.5 Å². The summed E-state index contributed by atoms with van der Waals surface area (Å²) in [6.07, 6.45) is 6.98. The predicted octanol–water partition coefficient (Wildman–Crippen LogP) is 2.07. The van der Waals surface area contributed by atoms with Gasteiger partial charge in [0.1, 0.15) is 5.76 Å². The average molecular weight is 224 g/mol. The van der Waals surface area contributed by atoms with E-state index < -0.39 is 0 Å². The van der Waals surface area contributed by atoms with Crippen LogP contribution in [0.4, 0.5) is 0 Å². The summed E-state index contributed by atoms with van der Waals surface area (Å²) in [5, 5.41) is 7.25. The third-order valence-electron chi connectivity index (χ3n) is 3.20. The number of nitrogens with zero attached hydrogens (tertiary/aromatic N) is 1. The van der Waals surface area contributed by atoms with Crippen molar-refractivity contribution in [3.63, 3.8) is 0 Å². The van der Waals surface area contributed by atoms with E-state index >= 15 is 0 Å². The first-order valence-corrected chi connectivity index (χ1v) is 6.05. The molecule has 0 saturated heterocycles. The minimum atomic E-state index is 0.599. The third kappa shape index (κ3) is 2.83. The Morgan fingerprint density at radius 2 is 2.31 bits per heavy atom. The highest BCUT2D eigenvalue weighted by atomic mass is 16.5. The van der Waals surface area contributed by atoms with Crippen molar-refractivity contribution in [1.29, 1.82) is 0 Å². The van der Waals surface area contributed by atoms with Gasteiger partial charge in [0.05, 0.1) is 12.8 Å². The quantitative estimate of drug-likeness (QED) is 0.751. The molecule has 4 nitrogen and oxygen atoms in total. The van der Waals surface area contributed by atoms with Crippen molar-refractivity contribution < 1.29 is 9.26 Å². The van der Waals surface area contributed by atoms with Gasteiger partial charge in [-0.3, -0.25) is 0 Å². The van der Waals surface area contributed by atoms with Gasteiger partial charge in [-0.1, -0.05) is 18.0 Å². The molecule has 0 bridgehead atoms. The Hall–Kier alpha value is -0.870. The van der Waals surface area contributed by atoms with Gasteiger partial charge in [0.15, 0.2) is 0 Å². The number of nitrogens with one attached hydrogen (secondary N) is 1. The summed E-state index contributed by atoms with van der Waals surface area (Å²) in [7, 11) is 1.71. The van der Waals surface area contributed by atoms with E-state index in [9.17, 15) is 0 Å². The SMILES string of the molecule is COCCNCc1cnoc1C1CCCC1. The molecule has 0 spiro atoms. The van der Waals surface area contributed by atoms with Gasteiger partial charge in [0.25, 0.3) is 0 Å². The van der Waals surface area contributed by atoms with E-state index in [1.54, 1.807) is 7.11 Å². The van der Waals surface area contributed by atoms with Crippen LogP contribution >= 0.6 is 0 Å². The fourth-order valence-corrected chi connectivity index (χ4v) is 2.32. The minimum absolute atomic E-state index is 0.599. The van der Waals surface area contributed by atoms with Gasteiger partial charge in [-0.2, -0.15) is 0 Å². The van der Waals surface area contributed by atoms with Crippen LogP contribution < -0.4 is 5.32 Å². The zero-order chi connectivity index (χ0) is 11.2. The van der Waals surface area contributed by atoms with Crippen LogP contribution in [0, 0.1) is 0 Å². The fraction of sp³-hybridized carbons (Fsp3) is 0.750. The number of hydrogen-bond donors (Lipinski definition) is 1. The highest BCUT2D eigenvalue weighted by Gasteiger charge is 2.23. The maximum absolute atomic E-state index is 5.38. The molecule has 0 radical (unpaired) electrons. The third-order valence-corrected chi connectivity index (χ3v) is 3.20. The van der Waals surface area contributed by atoms with Crippen molar-refractivity contribution >= 4 is 0 Å². The standard InChI is InChI=1S/C12H20N2O2/c1-15-7-6-13-8-11-9-14-16-12(11)10-4-2-3-5-10/h9-10,13H,2-8H2,1H3. The molecule has 1 aromatic rings. The lowest BCUT2D eigenvalue weighted by atomic mass is 10.0. The van der Waals surface area contributed by atoms with Gasteiger partial charge in [-0.15, -0.1) is 0 Å². The molecule has 16 heavy (non-hydrogen) atoms. The van der Waals surface area contributed by atoms with Gasteiger partial charge in [0.2, 0.25) is 0 Å². The van der Waals surface area contributed by atoms with Crippen molar-refractivity contribution in [2.45, 2.75) is 38.1 Å². The molecule has 0 amide bonds. The summed E-state index contributed by atoms with van der Waals surface area (Å²) in [6.45, 7) is 2.44. The summed E-state index contributed by atoms with van der Waals surface area (Å²) < 4.78 is 10.4. The summed E-state index contributed by atoms with van der Waals surface area (Å²) in [4.78, 5) is 0. The maximum atomic E-state index is 5.38. The molecule has 0 unspecified atom stereocenters. The lowest BCUT2D eigenvalue weighted by molar-refractivity contribution is 0.199. The minimum Gasteiger partial charge on any atom is -0.383 e. The number of methoxy groups -OCH3 is 1. The molecule has 1 aliphatic carbocycles. The van der Waals surface area contributed by atoms with Crippen LogP contribution in [-0.2, 0) is 11.3 Å². The summed E-state index contributed by atoms with van der Waals surface area (Å²) in [6, 6.07) is 0. The van der Waals surface area contributed by atoms with E-state index in [4.69, 9.17) is 9.26 Å². The van der Waals surface area contributed by atoms with E-state index in [0.717, 1.165) is 25.5 Å². The van der Waals surface area contributed by atoms with Gasteiger partial charge >= 0.3 is 0 Å². The van der Waals surface area contributed by atoms with Crippen LogP contribution in [0.25, 0.3) is 0 Å². The first-order chi connectivity index (χ1) is 7.92. The molecule has 90 valence electrons. The van der Waals surface area contributed by atoms with Crippen LogP contribution in [0.1, 0.15) is 42.9 Å². The molecule has 2 rings (SSSR count). The summed E-state index contributed by atoms with van der Waals surface area (Å²) in [5.74, 6) is 1.70. The molecule has 4 heteroatoms. The second-order valence-electron chi connectivity index (χ2n) is 4.37. The van der Waals surface area contributed by atoms with Crippen LogP contribution in [0.2, 0.25) is 0 Å². The van der Waals surface area contributed by atoms with Crippen molar-refractivity contribution in [2.24, 2.45) is 0 Å². The van der Waals surface area contributed by atoms with Crippen LogP contribution in [0.5, 0.6) is 0 Å². The topological polar surface area (TPSA) is 47.3 Å². The number of aromatic nitrogens is 1. The van der Waals surface area contributed by atoms with Crippen molar-refractivity contribution in [3.8, 4) is 0 Å². The van der Waals surface area contributed by atoms with E-state index in [0.29, 0.717) is 5.92 Å². The van der Waals surface area contributed by atoms with Gasteiger partial charge < -0.3 is 14.6 Å². The largest absolute Gasteiger partial charge is 0.383 e. The number of hydrogen-bond acceptors (Lipinski definition) is 4. The van der Waals surface area contributed by atoms with Crippen molar-refractivity contribution in [1.82, 2.24) is 10.5 Å². The van der Waals surface area contributed by atoms with Crippen LogP contribution in [-0.4, -0.2) is 25.4 Å². The Labute approximate surface area is 96.3 Å². The maximum Gasteiger partial charge on any atom is 0.144 e. The zero-order valence-electron chi connectivity index (χ0n) is 9.87. The Morgan fingerprint density at radius 3 is 3.06 bits per heavy atom. The van der Waals surface area contributed by atoms with Gasteiger partial charge in [0, 0.05) is 31.7 Å². The smallest absolute Gasteiger partial charge is 0.144 e. The lowest BCUT2D eigenvalue weighted by Crippen LogP contribution is -2.19. The molecule has 1 heterocycles. The van der Waals surface area contributed by atoms with Gasteiger partial charge in [-0.25, -0.2) is 0 Å². The van der Waals surface area contributed by atoms with Gasteiger partial charge in [-0.05, 0) is 12.8 Å². The molecule has 0 aromatic carbocycles. The first-order valence-electron chi connectivity index (χ1n) is 6.05. The average Bonchev–Trinajstić information content (AvgIpc) is 2.94. The lowest BCUT2D eigenvalue weighted by Gasteiger charge is -2.08. The van der Waals surface area contributed by atoms with E-state index in [1.165, 1.54) is 31.2 Å². The highest BCUT2D eigenvalue weighted by molar-refractivity contribution is 5.18.